The number of hydrogen-bond acceptors (Lipinski definition) is 4. The monoisotopic (exact) mass is 201 g/mol. The van der Waals surface area contributed by atoms with Crippen molar-refractivity contribution >= 4 is 9.84 Å². The Balaban J connectivity index is 2.13. The van der Waals surface area contributed by atoms with Crippen LogP contribution in [0.5, 0.6) is 0 Å². The van der Waals surface area contributed by atoms with Gasteiger partial charge in [0.1, 0.15) is 6.26 Å². The van der Waals surface area contributed by atoms with Gasteiger partial charge in [-0.2, -0.15) is 0 Å². The molecule has 0 bridgehead atoms. The topological polar surface area (TPSA) is 60.2 Å². The van der Waals surface area contributed by atoms with E-state index in [1.165, 1.54) is 6.26 Å². The molecule has 0 aromatic carbocycles. The van der Waals surface area contributed by atoms with E-state index in [1.807, 2.05) is 0 Å². The lowest BCUT2D eigenvalue weighted by atomic mass is 10.6. The molecule has 0 atom stereocenters. The molecule has 0 N–H and O–H groups in total. The van der Waals surface area contributed by atoms with Crippen molar-refractivity contribution in [2.24, 2.45) is 0 Å². The number of aromatic nitrogens is 1. The zero-order chi connectivity index (χ0) is 9.47. The molecular weight excluding hydrogens is 190 g/mol. The maximum absolute atomic E-state index is 11.5. The molecule has 1 aliphatic carbocycles. The van der Waals surface area contributed by atoms with Crippen molar-refractivity contribution < 1.29 is 12.8 Å². The third kappa shape index (κ3) is 1.91. The van der Waals surface area contributed by atoms with Crippen molar-refractivity contribution in [2.75, 3.05) is 0 Å². The Morgan fingerprint density at radius 2 is 2.31 bits per heavy atom. The third-order valence-corrected chi connectivity index (χ3v) is 4.23. The molecule has 1 aromatic heterocycles. The molecule has 0 spiro atoms. The maximum Gasteiger partial charge on any atom is 0.191 e. The van der Waals surface area contributed by atoms with Gasteiger partial charge in [-0.15, -0.1) is 0 Å². The highest BCUT2D eigenvalue weighted by Crippen LogP contribution is 2.30. The number of aryl methyl sites for hydroxylation is 1. The molecule has 1 heterocycles. The van der Waals surface area contributed by atoms with Crippen LogP contribution in [0.15, 0.2) is 10.7 Å². The molecule has 0 unspecified atom stereocenters. The van der Waals surface area contributed by atoms with Crippen LogP contribution >= 0.6 is 0 Å². The van der Waals surface area contributed by atoms with Crippen molar-refractivity contribution in [3.8, 4) is 0 Å². The Labute approximate surface area is 76.9 Å². The summed E-state index contributed by atoms with van der Waals surface area (Å²) in [6.07, 6.45) is 3.02. The van der Waals surface area contributed by atoms with Crippen LogP contribution in [0.2, 0.25) is 0 Å². The smallest absolute Gasteiger partial charge is 0.191 e. The van der Waals surface area contributed by atoms with Crippen LogP contribution in [0.4, 0.5) is 0 Å². The van der Waals surface area contributed by atoms with E-state index < -0.39 is 9.84 Å². The first kappa shape index (κ1) is 8.74. The number of rotatable bonds is 3. The van der Waals surface area contributed by atoms with Crippen molar-refractivity contribution in [1.29, 1.82) is 0 Å². The second kappa shape index (κ2) is 2.83. The van der Waals surface area contributed by atoms with Gasteiger partial charge in [-0.1, -0.05) is 0 Å². The second-order valence-electron chi connectivity index (χ2n) is 3.36. The summed E-state index contributed by atoms with van der Waals surface area (Å²) >= 11 is 0. The number of oxazole rings is 1. The highest BCUT2D eigenvalue weighted by molar-refractivity contribution is 7.91. The highest BCUT2D eigenvalue weighted by Gasteiger charge is 2.35. The summed E-state index contributed by atoms with van der Waals surface area (Å²) in [4.78, 5) is 3.96. The van der Waals surface area contributed by atoms with E-state index in [0.717, 1.165) is 12.8 Å². The van der Waals surface area contributed by atoms with E-state index >= 15 is 0 Å². The van der Waals surface area contributed by atoms with Gasteiger partial charge in [0.25, 0.3) is 0 Å². The highest BCUT2D eigenvalue weighted by atomic mass is 32.2. The van der Waals surface area contributed by atoms with Gasteiger partial charge in [0.05, 0.1) is 16.7 Å². The first-order valence-electron chi connectivity index (χ1n) is 4.20. The molecule has 1 aliphatic rings. The molecule has 0 radical (unpaired) electrons. The zero-order valence-corrected chi connectivity index (χ0v) is 8.17. The lowest BCUT2D eigenvalue weighted by Crippen LogP contribution is -2.09. The predicted molar refractivity (Wildman–Crippen MR) is 46.9 cm³/mol. The van der Waals surface area contributed by atoms with Gasteiger partial charge < -0.3 is 4.42 Å². The van der Waals surface area contributed by atoms with Gasteiger partial charge in [-0.3, -0.25) is 0 Å². The van der Waals surface area contributed by atoms with Crippen LogP contribution in [0.25, 0.3) is 0 Å². The van der Waals surface area contributed by atoms with Gasteiger partial charge in [0, 0.05) is 6.92 Å². The molecule has 2 rings (SSSR count). The minimum atomic E-state index is -2.95. The molecule has 4 nitrogen and oxygen atoms in total. The molecule has 1 aromatic rings. The minimum Gasteiger partial charge on any atom is -0.449 e. The molecule has 1 fully saturated rings. The van der Waals surface area contributed by atoms with Gasteiger partial charge >= 0.3 is 0 Å². The van der Waals surface area contributed by atoms with Crippen LogP contribution in [0.3, 0.4) is 0 Å². The third-order valence-electron chi connectivity index (χ3n) is 2.05. The van der Waals surface area contributed by atoms with Crippen LogP contribution < -0.4 is 0 Å². The Kier molecular flexibility index (Phi) is 1.91. The second-order valence-corrected chi connectivity index (χ2v) is 5.65. The van der Waals surface area contributed by atoms with Crippen LogP contribution in [-0.4, -0.2) is 18.7 Å². The average molecular weight is 201 g/mol. The van der Waals surface area contributed by atoms with E-state index in [-0.39, 0.29) is 11.0 Å². The Morgan fingerprint density at radius 1 is 1.62 bits per heavy atom. The largest absolute Gasteiger partial charge is 0.449 e. The van der Waals surface area contributed by atoms with Crippen molar-refractivity contribution in [1.82, 2.24) is 4.98 Å². The fourth-order valence-corrected chi connectivity index (χ4v) is 2.86. The lowest BCUT2D eigenvalue weighted by molar-refractivity contribution is 0.520. The Morgan fingerprint density at radius 3 is 2.77 bits per heavy atom. The van der Waals surface area contributed by atoms with Crippen molar-refractivity contribution in [3.05, 3.63) is 17.8 Å². The summed E-state index contributed by atoms with van der Waals surface area (Å²) in [5, 5.41) is -0.121. The van der Waals surface area contributed by atoms with E-state index in [1.54, 1.807) is 6.92 Å². The van der Waals surface area contributed by atoms with E-state index in [0.29, 0.717) is 11.6 Å². The van der Waals surface area contributed by atoms with E-state index in [4.69, 9.17) is 4.42 Å². The number of nitrogens with zero attached hydrogens (tertiary/aromatic N) is 1. The first-order valence-corrected chi connectivity index (χ1v) is 5.92. The normalized spacial score (nSPS) is 17.6. The quantitative estimate of drug-likeness (QED) is 0.733. The maximum atomic E-state index is 11.5. The first-order chi connectivity index (χ1) is 6.08. The predicted octanol–water partition coefficient (Wildman–Crippen LogP) is 1.06. The van der Waals surface area contributed by atoms with Crippen molar-refractivity contribution in [2.45, 2.75) is 30.8 Å². The molecular formula is C8H11NO3S. The molecule has 5 heteroatoms. The summed E-state index contributed by atoms with van der Waals surface area (Å²) in [6.45, 7) is 1.70. The SMILES string of the molecule is Cc1nc(CS(=O)(=O)C2CC2)co1. The van der Waals surface area contributed by atoms with E-state index in [9.17, 15) is 8.42 Å². The molecule has 72 valence electrons. The van der Waals surface area contributed by atoms with Crippen LogP contribution in [0.1, 0.15) is 24.4 Å². The number of hydrogen-bond donors (Lipinski definition) is 0. The number of sulfone groups is 1. The molecule has 1 saturated carbocycles. The standard InChI is InChI=1S/C8H11NO3S/c1-6-9-7(4-12-6)5-13(10,11)8-2-3-8/h4,8H,2-3,5H2,1H3. The summed E-state index contributed by atoms with van der Waals surface area (Å²) in [6, 6.07) is 0. The molecule has 0 saturated heterocycles. The molecule has 0 aliphatic heterocycles. The zero-order valence-electron chi connectivity index (χ0n) is 7.36. The minimum absolute atomic E-state index is 0.0228. The van der Waals surface area contributed by atoms with Gasteiger partial charge in [0.15, 0.2) is 15.7 Å². The fraction of sp³-hybridized carbons (Fsp3) is 0.625. The molecule has 13 heavy (non-hydrogen) atoms. The summed E-state index contributed by atoms with van der Waals surface area (Å²) in [5.74, 6) is 0.538. The lowest BCUT2D eigenvalue weighted by Gasteiger charge is -1.96. The van der Waals surface area contributed by atoms with Crippen LogP contribution in [0, 0.1) is 6.92 Å². The fourth-order valence-electron chi connectivity index (χ4n) is 1.23. The van der Waals surface area contributed by atoms with E-state index in [2.05, 4.69) is 4.98 Å². The summed E-state index contributed by atoms with van der Waals surface area (Å²) in [5.41, 5.74) is 0.518. The summed E-state index contributed by atoms with van der Waals surface area (Å²) < 4.78 is 27.9. The van der Waals surface area contributed by atoms with Gasteiger partial charge in [-0.25, -0.2) is 13.4 Å². The van der Waals surface area contributed by atoms with Crippen molar-refractivity contribution in [3.63, 3.8) is 0 Å². The summed E-state index contributed by atoms with van der Waals surface area (Å²) in [7, 11) is -2.95. The Bertz CT molecular complexity index is 403. The Hall–Kier alpha value is -0.840. The van der Waals surface area contributed by atoms with Gasteiger partial charge in [0.2, 0.25) is 0 Å². The van der Waals surface area contributed by atoms with Gasteiger partial charge in [-0.05, 0) is 12.8 Å². The van der Waals surface area contributed by atoms with Crippen LogP contribution in [-0.2, 0) is 15.6 Å². The molecule has 0 amide bonds. The average Bonchev–Trinajstić information content (AvgIpc) is 2.78.